The van der Waals surface area contributed by atoms with Crippen LogP contribution in [0.4, 0.5) is 0 Å². The minimum atomic E-state index is -3.75. The van der Waals surface area contributed by atoms with Crippen molar-refractivity contribution < 1.29 is 31.2 Å². The standard InChI is InChI=1S/C25H32N4O7S2/c1-18-16-29(17-19(2)36-18)38(34,35)23-12-8-21(9-13-23)25(31)27-26-24(30)20-6-10-22(11-7-20)37(32,33)28-14-4-3-5-15-28/h6-13,18-19H,3-5,14-17H2,1-2H3,(H,26,30)(H,27,31)/t18-,19-/m0/s1. The summed E-state index contributed by atoms with van der Waals surface area (Å²) in [5.41, 5.74) is 4.89. The fraction of sp³-hybridized carbons (Fsp3) is 0.440. The number of ether oxygens (including phenoxy) is 1. The van der Waals surface area contributed by atoms with Crippen molar-refractivity contribution in [2.45, 2.75) is 55.1 Å². The van der Waals surface area contributed by atoms with Crippen molar-refractivity contribution in [2.75, 3.05) is 26.2 Å². The van der Waals surface area contributed by atoms with Crippen LogP contribution in [0.2, 0.25) is 0 Å². The maximum atomic E-state index is 13.0. The summed E-state index contributed by atoms with van der Waals surface area (Å²) in [6.07, 6.45) is 2.21. The van der Waals surface area contributed by atoms with Gasteiger partial charge in [0, 0.05) is 37.3 Å². The number of nitrogens with zero attached hydrogens (tertiary/aromatic N) is 2. The Labute approximate surface area is 223 Å². The highest BCUT2D eigenvalue weighted by molar-refractivity contribution is 7.89. The molecule has 2 aromatic carbocycles. The van der Waals surface area contributed by atoms with Crippen molar-refractivity contribution in [3.05, 3.63) is 59.7 Å². The van der Waals surface area contributed by atoms with Crippen molar-refractivity contribution in [3.63, 3.8) is 0 Å². The third-order valence-corrected chi connectivity index (χ3v) is 10.3. The molecule has 0 radical (unpaired) electrons. The summed E-state index contributed by atoms with van der Waals surface area (Å²) in [7, 11) is -7.36. The zero-order chi connectivity index (χ0) is 27.5. The van der Waals surface area contributed by atoms with Crippen LogP contribution in [0.5, 0.6) is 0 Å². The predicted molar refractivity (Wildman–Crippen MR) is 139 cm³/mol. The van der Waals surface area contributed by atoms with Gasteiger partial charge in [0.25, 0.3) is 11.8 Å². The summed E-state index contributed by atoms with van der Waals surface area (Å²) in [5.74, 6) is -1.27. The molecule has 0 spiro atoms. The van der Waals surface area contributed by atoms with E-state index >= 15 is 0 Å². The lowest BCUT2D eigenvalue weighted by atomic mass is 10.2. The van der Waals surface area contributed by atoms with E-state index in [-0.39, 0.29) is 46.2 Å². The smallest absolute Gasteiger partial charge is 0.269 e. The van der Waals surface area contributed by atoms with Crippen LogP contribution >= 0.6 is 0 Å². The molecule has 2 aliphatic rings. The number of carbonyl (C=O) groups excluding carboxylic acids is 2. The number of hydrogen-bond acceptors (Lipinski definition) is 7. The average Bonchev–Trinajstić information content (AvgIpc) is 2.91. The van der Waals surface area contributed by atoms with Crippen molar-refractivity contribution in [1.29, 1.82) is 0 Å². The van der Waals surface area contributed by atoms with Gasteiger partial charge in [-0.1, -0.05) is 6.42 Å². The number of piperidine rings is 1. The highest BCUT2D eigenvalue weighted by Crippen LogP contribution is 2.22. The summed E-state index contributed by atoms with van der Waals surface area (Å²) in [6, 6.07) is 10.9. The Morgan fingerprint density at radius 2 is 1.08 bits per heavy atom. The molecule has 2 aliphatic heterocycles. The van der Waals surface area contributed by atoms with Gasteiger partial charge < -0.3 is 4.74 Å². The highest BCUT2D eigenvalue weighted by atomic mass is 32.2. The van der Waals surface area contributed by atoms with Gasteiger partial charge in [0.15, 0.2) is 0 Å². The van der Waals surface area contributed by atoms with E-state index in [2.05, 4.69) is 10.9 Å². The van der Waals surface area contributed by atoms with Crippen LogP contribution in [0.3, 0.4) is 0 Å². The molecular formula is C25H32N4O7S2. The van der Waals surface area contributed by atoms with E-state index in [0.29, 0.717) is 13.1 Å². The Morgan fingerprint density at radius 3 is 1.50 bits per heavy atom. The molecule has 38 heavy (non-hydrogen) atoms. The molecule has 206 valence electrons. The maximum absolute atomic E-state index is 13.0. The van der Waals surface area contributed by atoms with Gasteiger partial charge in [-0.3, -0.25) is 20.4 Å². The van der Waals surface area contributed by atoms with Gasteiger partial charge >= 0.3 is 0 Å². The molecule has 2 atom stereocenters. The quantitative estimate of drug-likeness (QED) is 0.509. The Hall–Kier alpha value is -2.84. The molecule has 0 aromatic heterocycles. The van der Waals surface area contributed by atoms with Gasteiger partial charge in [-0.25, -0.2) is 16.8 Å². The molecule has 2 fully saturated rings. The predicted octanol–water partition coefficient (Wildman–Crippen LogP) is 1.73. The first kappa shape index (κ1) is 28.2. The van der Waals surface area contributed by atoms with Crippen molar-refractivity contribution >= 4 is 31.9 Å². The van der Waals surface area contributed by atoms with Crippen LogP contribution in [0, 0.1) is 0 Å². The summed E-state index contributed by atoms with van der Waals surface area (Å²) >= 11 is 0. The summed E-state index contributed by atoms with van der Waals surface area (Å²) in [6.45, 7) is 5.07. The molecule has 13 heteroatoms. The molecule has 11 nitrogen and oxygen atoms in total. The highest BCUT2D eigenvalue weighted by Gasteiger charge is 2.32. The molecule has 0 aliphatic carbocycles. The second-order valence-corrected chi connectivity index (χ2v) is 13.4. The number of hydrogen-bond donors (Lipinski definition) is 2. The van der Waals surface area contributed by atoms with Crippen molar-refractivity contribution in [2.24, 2.45) is 0 Å². The molecule has 0 saturated carbocycles. The zero-order valence-electron chi connectivity index (χ0n) is 21.3. The van der Waals surface area contributed by atoms with Crippen LogP contribution in [0.25, 0.3) is 0 Å². The monoisotopic (exact) mass is 564 g/mol. The number of hydrazine groups is 1. The molecule has 0 unspecified atom stereocenters. The lowest BCUT2D eigenvalue weighted by molar-refractivity contribution is -0.0440. The third kappa shape index (κ3) is 6.24. The second-order valence-electron chi connectivity index (χ2n) is 9.50. The normalized spacial score (nSPS) is 21.5. The van der Waals surface area contributed by atoms with E-state index in [1.165, 1.54) is 57.1 Å². The van der Waals surface area contributed by atoms with Crippen molar-refractivity contribution in [1.82, 2.24) is 19.5 Å². The largest absolute Gasteiger partial charge is 0.373 e. The van der Waals surface area contributed by atoms with E-state index in [9.17, 15) is 26.4 Å². The second kappa shape index (κ2) is 11.5. The Bertz CT molecular complexity index is 1360. The fourth-order valence-electron chi connectivity index (χ4n) is 4.54. The van der Waals surface area contributed by atoms with E-state index < -0.39 is 31.9 Å². The van der Waals surface area contributed by atoms with Gasteiger partial charge in [0.05, 0.1) is 22.0 Å². The zero-order valence-corrected chi connectivity index (χ0v) is 22.9. The topological polar surface area (TPSA) is 142 Å². The molecule has 4 rings (SSSR count). The van der Waals surface area contributed by atoms with Gasteiger partial charge in [-0.15, -0.1) is 0 Å². The molecule has 2 saturated heterocycles. The number of morpholine rings is 1. The van der Waals surface area contributed by atoms with Gasteiger partial charge in [-0.2, -0.15) is 8.61 Å². The summed E-state index contributed by atoms with van der Waals surface area (Å²) in [4.78, 5) is 25.1. The van der Waals surface area contributed by atoms with E-state index in [1.54, 1.807) is 0 Å². The van der Waals surface area contributed by atoms with Crippen LogP contribution < -0.4 is 10.9 Å². The summed E-state index contributed by atoms with van der Waals surface area (Å²) in [5, 5.41) is 0. The van der Waals surface area contributed by atoms with Crippen LogP contribution in [-0.2, 0) is 24.8 Å². The van der Waals surface area contributed by atoms with Gasteiger partial charge in [0.2, 0.25) is 20.0 Å². The van der Waals surface area contributed by atoms with Gasteiger partial charge in [-0.05, 0) is 75.2 Å². The number of amides is 2. The van der Waals surface area contributed by atoms with E-state index in [1.807, 2.05) is 13.8 Å². The Balaban J connectivity index is 1.35. The molecule has 2 amide bonds. The van der Waals surface area contributed by atoms with Crippen LogP contribution in [-0.4, -0.2) is 75.6 Å². The Kier molecular flexibility index (Phi) is 8.52. The Morgan fingerprint density at radius 1 is 0.684 bits per heavy atom. The van der Waals surface area contributed by atoms with Crippen LogP contribution in [0.15, 0.2) is 58.3 Å². The number of nitrogens with one attached hydrogen (secondary N) is 2. The molecule has 2 aromatic rings. The first-order chi connectivity index (χ1) is 18.0. The number of carbonyl (C=O) groups is 2. The number of benzene rings is 2. The molecular weight excluding hydrogens is 532 g/mol. The minimum absolute atomic E-state index is 0.0546. The van der Waals surface area contributed by atoms with E-state index in [0.717, 1.165) is 19.3 Å². The van der Waals surface area contributed by atoms with E-state index in [4.69, 9.17) is 4.74 Å². The molecule has 2 heterocycles. The number of sulfonamides is 2. The summed E-state index contributed by atoms with van der Waals surface area (Å²) < 4.78 is 59.9. The fourth-order valence-corrected chi connectivity index (χ4v) is 7.65. The SMILES string of the molecule is C[C@H]1CN(S(=O)(=O)c2ccc(C(=O)NNC(=O)c3ccc(S(=O)(=O)N4CCCCC4)cc3)cc2)C[C@H](C)O1. The lowest BCUT2D eigenvalue weighted by Gasteiger charge is -2.34. The van der Waals surface area contributed by atoms with Crippen LogP contribution in [0.1, 0.15) is 53.8 Å². The van der Waals surface area contributed by atoms with Crippen molar-refractivity contribution in [3.8, 4) is 0 Å². The lowest BCUT2D eigenvalue weighted by Crippen LogP contribution is -2.48. The first-order valence-electron chi connectivity index (χ1n) is 12.4. The van der Waals surface area contributed by atoms with Gasteiger partial charge in [0.1, 0.15) is 0 Å². The number of rotatable bonds is 6. The first-order valence-corrected chi connectivity index (χ1v) is 15.3. The molecule has 2 N–H and O–H groups in total. The maximum Gasteiger partial charge on any atom is 0.269 e. The molecule has 0 bridgehead atoms. The third-order valence-electron chi connectivity index (χ3n) is 6.50. The minimum Gasteiger partial charge on any atom is -0.373 e. The average molecular weight is 565 g/mol.